The molecule has 0 aromatic carbocycles. The second-order valence-corrected chi connectivity index (χ2v) is 4.65. The van der Waals surface area contributed by atoms with Gasteiger partial charge < -0.3 is 0 Å². The Kier molecular flexibility index (Phi) is 2.92. The minimum Gasteiger partial charge on any atom is -0.280 e. The third-order valence-corrected chi connectivity index (χ3v) is 2.02. The van der Waals surface area contributed by atoms with E-state index in [1.807, 2.05) is 6.92 Å². The molecule has 0 fully saturated rings. The smallest absolute Gasteiger partial charge is 0.231 e. The van der Waals surface area contributed by atoms with Crippen LogP contribution in [-0.4, -0.2) is 24.9 Å². The van der Waals surface area contributed by atoms with Crippen LogP contribution in [0.15, 0.2) is 6.07 Å². The fraction of sp³-hybridized carbons (Fsp3) is 0.571. The van der Waals surface area contributed by atoms with E-state index in [1.165, 1.54) is 0 Å². The summed E-state index contributed by atoms with van der Waals surface area (Å²) < 4.78 is 23.9. The number of anilines is 1. The summed E-state index contributed by atoms with van der Waals surface area (Å²) in [6.07, 6.45) is 2.97. The number of H-pyrrole nitrogens is 1. The molecule has 0 amide bonds. The fourth-order valence-electron chi connectivity index (χ4n) is 1.00. The lowest BCUT2D eigenvalue weighted by Crippen LogP contribution is -2.09. The van der Waals surface area contributed by atoms with Crippen molar-refractivity contribution in [3.63, 3.8) is 0 Å². The van der Waals surface area contributed by atoms with Crippen LogP contribution >= 0.6 is 0 Å². The first-order chi connectivity index (χ1) is 6.01. The lowest BCUT2D eigenvalue weighted by molar-refractivity contribution is 0.606. The summed E-state index contributed by atoms with van der Waals surface area (Å²) in [5.74, 6) is 0.353. The Morgan fingerprint density at radius 1 is 1.62 bits per heavy atom. The Morgan fingerprint density at radius 2 is 2.31 bits per heavy atom. The van der Waals surface area contributed by atoms with Crippen LogP contribution in [0.3, 0.4) is 0 Å². The molecule has 1 heterocycles. The highest BCUT2D eigenvalue weighted by Crippen LogP contribution is 2.07. The van der Waals surface area contributed by atoms with Gasteiger partial charge in [0.05, 0.1) is 6.26 Å². The first-order valence-electron chi connectivity index (χ1n) is 4.03. The lowest BCUT2D eigenvalue weighted by atomic mass is 10.2. The van der Waals surface area contributed by atoms with Gasteiger partial charge in [-0.05, 0) is 6.42 Å². The minimum absolute atomic E-state index is 0.353. The summed E-state index contributed by atoms with van der Waals surface area (Å²) in [5.41, 5.74) is 0.939. The van der Waals surface area contributed by atoms with Gasteiger partial charge in [0.1, 0.15) is 0 Å². The molecule has 6 heteroatoms. The Hall–Kier alpha value is -1.04. The summed E-state index contributed by atoms with van der Waals surface area (Å²) in [6.45, 7) is 2.05. The van der Waals surface area contributed by atoms with E-state index in [4.69, 9.17) is 0 Å². The van der Waals surface area contributed by atoms with Gasteiger partial charge in [-0.3, -0.25) is 9.82 Å². The van der Waals surface area contributed by atoms with Gasteiger partial charge in [0, 0.05) is 11.8 Å². The Bertz CT molecular complexity index is 369. The van der Waals surface area contributed by atoms with E-state index in [9.17, 15) is 8.42 Å². The number of nitrogens with zero attached hydrogens (tertiary/aromatic N) is 1. The van der Waals surface area contributed by atoms with Gasteiger partial charge in [0.15, 0.2) is 5.82 Å². The second kappa shape index (κ2) is 3.78. The SMILES string of the molecule is CCCc1cc(NS(C)(=O)=O)n[nH]1. The zero-order valence-electron chi connectivity index (χ0n) is 7.66. The molecule has 0 unspecified atom stereocenters. The van der Waals surface area contributed by atoms with Crippen molar-refractivity contribution in [3.05, 3.63) is 11.8 Å². The van der Waals surface area contributed by atoms with E-state index in [0.29, 0.717) is 5.82 Å². The van der Waals surface area contributed by atoms with Crippen LogP contribution in [0.1, 0.15) is 19.0 Å². The Morgan fingerprint density at radius 3 is 2.85 bits per heavy atom. The number of rotatable bonds is 4. The zero-order chi connectivity index (χ0) is 9.90. The average molecular weight is 203 g/mol. The number of aromatic nitrogens is 2. The van der Waals surface area contributed by atoms with Crippen molar-refractivity contribution in [3.8, 4) is 0 Å². The number of hydrogen-bond donors (Lipinski definition) is 2. The molecule has 0 saturated carbocycles. The van der Waals surface area contributed by atoms with Gasteiger partial charge in [-0.25, -0.2) is 8.42 Å². The van der Waals surface area contributed by atoms with Crippen molar-refractivity contribution in [2.45, 2.75) is 19.8 Å². The molecule has 0 aliphatic rings. The first kappa shape index (κ1) is 10.0. The van der Waals surface area contributed by atoms with Crippen molar-refractivity contribution in [1.82, 2.24) is 10.2 Å². The fourth-order valence-corrected chi connectivity index (χ4v) is 1.49. The number of sulfonamides is 1. The molecule has 74 valence electrons. The largest absolute Gasteiger partial charge is 0.280 e. The molecule has 0 saturated heterocycles. The van der Waals surface area contributed by atoms with Crippen molar-refractivity contribution in [2.24, 2.45) is 0 Å². The maximum Gasteiger partial charge on any atom is 0.231 e. The van der Waals surface area contributed by atoms with Crippen LogP contribution in [0.5, 0.6) is 0 Å². The third kappa shape index (κ3) is 3.45. The van der Waals surface area contributed by atoms with E-state index < -0.39 is 10.0 Å². The maximum absolute atomic E-state index is 10.8. The molecule has 1 aromatic rings. The topological polar surface area (TPSA) is 74.8 Å². The van der Waals surface area contributed by atoms with Crippen LogP contribution in [0, 0.1) is 0 Å². The highest BCUT2D eigenvalue weighted by molar-refractivity contribution is 7.92. The van der Waals surface area contributed by atoms with E-state index in [1.54, 1.807) is 6.07 Å². The van der Waals surface area contributed by atoms with E-state index in [0.717, 1.165) is 24.8 Å². The third-order valence-electron chi connectivity index (χ3n) is 1.44. The predicted molar refractivity (Wildman–Crippen MR) is 51.0 cm³/mol. The number of aryl methyl sites for hydroxylation is 1. The molecule has 0 aliphatic heterocycles. The molecule has 1 aromatic heterocycles. The van der Waals surface area contributed by atoms with Gasteiger partial charge in [-0.2, -0.15) is 5.10 Å². The molecular formula is C7H13N3O2S. The lowest BCUT2D eigenvalue weighted by Gasteiger charge is -1.95. The monoisotopic (exact) mass is 203 g/mol. The molecule has 0 aliphatic carbocycles. The molecule has 0 bridgehead atoms. The number of nitrogens with one attached hydrogen (secondary N) is 2. The molecule has 1 rings (SSSR count). The summed E-state index contributed by atoms with van der Waals surface area (Å²) in [5, 5.41) is 6.56. The van der Waals surface area contributed by atoms with E-state index in [-0.39, 0.29) is 0 Å². The van der Waals surface area contributed by atoms with Crippen LogP contribution in [-0.2, 0) is 16.4 Å². The first-order valence-corrected chi connectivity index (χ1v) is 5.92. The van der Waals surface area contributed by atoms with Crippen molar-refractivity contribution in [2.75, 3.05) is 11.0 Å². The second-order valence-electron chi connectivity index (χ2n) is 2.90. The number of aromatic amines is 1. The van der Waals surface area contributed by atoms with Gasteiger partial charge in [-0.1, -0.05) is 13.3 Å². The molecule has 13 heavy (non-hydrogen) atoms. The normalized spacial score (nSPS) is 11.5. The molecule has 5 nitrogen and oxygen atoms in total. The van der Waals surface area contributed by atoms with Gasteiger partial charge in [0.25, 0.3) is 0 Å². The summed E-state index contributed by atoms with van der Waals surface area (Å²) in [7, 11) is -3.21. The predicted octanol–water partition coefficient (Wildman–Crippen LogP) is 0.734. The van der Waals surface area contributed by atoms with Crippen LogP contribution in [0.2, 0.25) is 0 Å². The Labute approximate surface area is 77.6 Å². The van der Waals surface area contributed by atoms with Crippen LogP contribution in [0.4, 0.5) is 5.82 Å². The molecule has 0 atom stereocenters. The zero-order valence-corrected chi connectivity index (χ0v) is 8.48. The van der Waals surface area contributed by atoms with Gasteiger partial charge in [0.2, 0.25) is 10.0 Å². The summed E-state index contributed by atoms with van der Waals surface area (Å²) in [6, 6.07) is 1.70. The minimum atomic E-state index is -3.21. The quantitative estimate of drug-likeness (QED) is 0.757. The van der Waals surface area contributed by atoms with E-state index >= 15 is 0 Å². The van der Waals surface area contributed by atoms with Gasteiger partial charge >= 0.3 is 0 Å². The maximum atomic E-state index is 10.8. The highest BCUT2D eigenvalue weighted by Gasteiger charge is 2.04. The molecule has 0 radical (unpaired) electrons. The summed E-state index contributed by atoms with van der Waals surface area (Å²) >= 11 is 0. The van der Waals surface area contributed by atoms with Gasteiger partial charge in [-0.15, -0.1) is 0 Å². The van der Waals surface area contributed by atoms with Crippen molar-refractivity contribution < 1.29 is 8.42 Å². The Balaban J connectivity index is 2.69. The standard InChI is InChI=1S/C7H13N3O2S/c1-3-4-6-5-7(9-8-6)10-13(2,11)12/h5H,3-4H2,1-2H3,(H2,8,9,10). The molecular weight excluding hydrogens is 190 g/mol. The van der Waals surface area contributed by atoms with Crippen molar-refractivity contribution in [1.29, 1.82) is 0 Å². The average Bonchev–Trinajstić information content (AvgIpc) is 2.33. The van der Waals surface area contributed by atoms with E-state index in [2.05, 4.69) is 14.9 Å². The molecule has 2 N–H and O–H groups in total. The number of hydrogen-bond acceptors (Lipinski definition) is 3. The highest BCUT2D eigenvalue weighted by atomic mass is 32.2. The van der Waals surface area contributed by atoms with Crippen LogP contribution < -0.4 is 4.72 Å². The molecule has 0 spiro atoms. The van der Waals surface area contributed by atoms with Crippen LogP contribution in [0.25, 0.3) is 0 Å². The van der Waals surface area contributed by atoms with Crippen molar-refractivity contribution >= 4 is 15.8 Å². The summed E-state index contributed by atoms with van der Waals surface area (Å²) in [4.78, 5) is 0.